The van der Waals surface area contributed by atoms with E-state index in [0.29, 0.717) is 0 Å². The van der Waals surface area contributed by atoms with E-state index in [0.717, 1.165) is 19.3 Å². The van der Waals surface area contributed by atoms with E-state index in [1.807, 2.05) is 6.92 Å². The van der Waals surface area contributed by atoms with Gasteiger partial charge in [-0.2, -0.15) is 0 Å². The van der Waals surface area contributed by atoms with Gasteiger partial charge >= 0.3 is 0 Å². The summed E-state index contributed by atoms with van der Waals surface area (Å²) in [6.07, 6.45) is 5.30. The number of aromatic nitrogens is 1. The van der Waals surface area contributed by atoms with Crippen LogP contribution < -0.4 is 10.5 Å². The molecule has 0 spiro atoms. The number of sulfonamides is 1. The van der Waals surface area contributed by atoms with Gasteiger partial charge in [0.2, 0.25) is 10.0 Å². The zero-order chi connectivity index (χ0) is 13.6. The molecule has 0 amide bonds. The maximum atomic E-state index is 12.1. The second-order valence-corrected chi connectivity index (χ2v) is 6.19. The summed E-state index contributed by atoms with van der Waals surface area (Å²) in [5, 5.41) is 0.288. The molecule has 1 atom stereocenters. The van der Waals surface area contributed by atoms with E-state index in [1.54, 1.807) is 0 Å². The highest BCUT2D eigenvalue weighted by Crippen LogP contribution is 2.14. The largest absolute Gasteiger partial charge is 0.329 e. The monoisotopic (exact) mass is 327 g/mol. The fraction of sp³-hybridized carbons (Fsp3) is 0.545. The van der Waals surface area contributed by atoms with Gasteiger partial charge in [0.25, 0.3) is 0 Å². The van der Waals surface area contributed by atoms with Crippen molar-refractivity contribution in [3.8, 4) is 0 Å². The van der Waals surface area contributed by atoms with Crippen molar-refractivity contribution in [2.45, 2.75) is 37.1 Å². The number of nitrogens with two attached hydrogens (primary N) is 1. The van der Waals surface area contributed by atoms with Crippen LogP contribution in [0.2, 0.25) is 5.02 Å². The van der Waals surface area contributed by atoms with Gasteiger partial charge in [-0.15, -0.1) is 12.4 Å². The Bertz CT molecular complexity index is 483. The summed E-state index contributed by atoms with van der Waals surface area (Å²) in [6, 6.07) is 1.11. The Kier molecular flexibility index (Phi) is 8.52. The number of nitrogens with zero attached hydrogens (tertiary/aromatic N) is 1. The van der Waals surface area contributed by atoms with Gasteiger partial charge in [-0.05, 0) is 12.5 Å². The van der Waals surface area contributed by atoms with E-state index >= 15 is 0 Å². The summed E-state index contributed by atoms with van der Waals surface area (Å²) < 4.78 is 26.7. The SMILES string of the molecule is CCCCC(CN)NS(=O)(=O)c1cncc(Cl)c1.Cl. The van der Waals surface area contributed by atoms with E-state index in [2.05, 4.69) is 9.71 Å². The first kappa shape index (κ1) is 18.6. The molecule has 19 heavy (non-hydrogen) atoms. The third-order valence-corrected chi connectivity index (χ3v) is 4.20. The molecule has 0 fully saturated rings. The summed E-state index contributed by atoms with van der Waals surface area (Å²) in [7, 11) is -3.60. The molecule has 0 bridgehead atoms. The first-order chi connectivity index (χ1) is 8.49. The Morgan fingerprint density at radius 2 is 2.16 bits per heavy atom. The van der Waals surface area contributed by atoms with Crippen LogP contribution in [0.15, 0.2) is 23.4 Å². The van der Waals surface area contributed by atoms with Gasteiger partial charge in [0, 0.05) is 25.0 Å². The number of hydrogen-bond acceptors (Lipinski definition) is 4. The molecule has 0 aromatic carbocycles. The summed E-state index contributed by atoms with van der Waals surface area (Å²) in [5.74, 6) is 0. The second kappa shape index (κ2) is 8.71. The summed E-state index contributed by atoms with van der Waals surface area (Å²) in [6.45, 7) is 2.32. The minimum absolute atomic E-state index is 0. The fourth-order valence-corrected chi connectivity index (χ4v) is 3.01. The minimum Gasteiger partial charge on any atom is -0.329 e. The van der Waals surface area contributed by atoms with Crippen molar-refractivity contribution in [3.63, 3.8) is 0 Å². The lowest BCUT2D eigenvalue weighted by molar-refractivity contribution is 0.516. The minimum atomic E-state index is -3.60. The van der Waals surface area contributed by atoms with Crippen molar-refractivity contribution in [1.82, 2.24) is 9.71 Å². The highest BCUT2D eigenvalue weighted by atomic mass is 35.5. The molecule has 1 aromatic rings. The summed E-state index contributed by atoms with van der Waals surface area (Å²) in [4.78, 5) is 3.82. The van der Waals surface area contributed by atoms with Crippen LogP contribution in [0.1, 0.15) is 26.2 Å². The third-order valence-electron chi connectivity index (χ3n) is 2.50. The van der Waals surface area contributed by atoms with Crippen molar-refractivity contribution >= 4 is 34.0 Å². The standard InChI is InChI=1S/C11H18ClN3O2S.ClH/c1-2-3-4-10(6-13)15-18(16,17)11-5-9(12)7-14-8-11;/h5,7-8,10,15H,2-4,6,13H2,1H3;1H. The number of unbranched alkanes of at least 4 members (excludes halogenated alkanes) is 1. The first-order valence-electron chi connectivity index (χ1n) is 5.82. The van der Waals surface area contributed by atoms with Crippen molar-refractivity contribution in [1.29, 1.82) is 0 Å². The molecule has 0 aliphatic rings. The molecule has 0 saturated carbocycles. The Balaban J connectivity index is 0.00000324. The van der Waals surface area contributed by atoms with Crippen LogP contribution in [0, 0.1) is 0 Å². The molecule has 110 valence electrons. The van der Waals surface area contributed by atoms with Crippen LogP contribution in [0.5, 0.6) is 0 Å². The average molecular weight is 328 g/mol. The molecular formula is C11H19Cl2N3O2S. The Labute approximate surface area is 125 Å². The van der Waals surface area contributed by atoms with E-state index in [9.17, 15) is 8.42 Å². The predicted molar refractivity (Wildman–Crippen MR) is 79.2 cm³/mol. The average Bonchev–Trinajstić information content (AvgIpc) is 2.34. The fourth-order valence-electron chi connectivity index (χ4n) is 1.50. The molecule has 1 aromatic heterocycles. The van der Waals surface area contributed by atoms with Crippen LogP contribution in [-0.2, 0) is 10.0 Å². The molecule has 1 rings (SSSR count). The van der Waals surface area contributed by atoms with Crippen molar-refractivity contribution in [3.05, 3.63) is 23.5 Å². The van der Waals surface area contributed by atoms with Gasteiger partial charge in [-0.3, -0.25) is 4.98 Å². The smallest absolute Gasteiger partial charge is 0.242 e. The van der Waals surface area contributed by atoms with Crippen LogP contribution in [0.4, 0.5) is 0 Å². The Morgan fingerprint density at radius 1 is 1.47 bits per heavy atom. The number of pyridine rings is 1. The quantitative estimate of drug-likeness (QED) is 0.801. The lowest BCUT2D eigenvalue weighted by Crippen LogP contribution is -2.40. The van der Waals surface area contributed by atoms with E-state index < -0.39 is 10.0 Å². The van der Waals surface area contributed by atoms with Crippen LogP contribution in [0.25, 0.3) is 0 Å². The Hall–Kier alpha value is -0.400. The van der Waals surface area contributed by atoms with Gasteiger partial charge < -0.3 is 5.73 Å². The number of halogens is 2. The molecular weight excluding hydrogens is 309 g/mol. The van der Waals surface area contributed by atoms with Gasteiger partial charge in [0.1, 0.15) is 4.90 Å². The zero-order valence-corrected chi connectivity index (χ0v) is 13.1. The van der Waals surface area contributed by atoms with Crippen molar-refractivity contribution < 1.29 is 8.42 Å². The molecule has 0 saturated heterocycles. The molecule has 5 nitrogen and oxygen atoms in total. The molecule has 8 heteroatoms. The number of nitrogens with one attached hydrogen (secondary N) is 1. The van der Waals surface area contributed by atoms with Gasteiger partial charge in [0.05, 0.1) is 5.02 Å². The first-order valence-corrected chi connectivity index (χ1v) is 7.68. The van der Waals surface area contributed by atoms with Crippen LogP contribution in [0.3, 0.4) is 0 Å². The zero-order valence-electron chi connectivity index (χ0n) is 10.7. The summed E-state index contributed by atoms with van der Waals surface area (Å²) >= 11 is 5.73. The van der Waals surface area contributed by atoms with E-state index in [4.69, 9.17) is 17.3 Å². The lowest BCUT2D eigenvalue weighted by atomic mass is 10.1. The number of rotatable bonds is 7. The van der Waals surface area contributed by atoms with Crippen molar-refractivity contribution in [2.24, 2.45) is 5.73 Å². The second-order valence-electron chi connectivity index (χ2n) is 4.04. The third kappa shape index (κ3) is 6.05. The molecule has 0 radical (unpaired) electrons. The topological polar surface area (TPSA) is 85.1 Å². The highest BCUT2D eigenvalue weighted by molar-refractivity contribution is 7.89. The highest BCUT2D eigenvalue weighted by Gasteiger charge is 2.19. The van der Waals surface area contributed by atoms with E-state index in [-0.39, 0.29) is 34.9 Å². The molecule has 0 aliphatic carbocycles. The van der Waals surface area contributed by atoms with Crippen LogP contribution >= 0.6 is 24.0 Å². The molecule has 3 N–H and O–H groups in total. The van der Waals surface area contributed by atoms with Crippen molar-refractivity contribution in [2.75, 3.05) is 6.54 Å². The van der Waals surface area contributed by atoms with Crippen LogP contribution in [-0.4, -0.2) is 26.0 Å². The maximum Gasteiger partial charge on any atom is 0.242 e. The molecule has 1 unspecified atom stereocenters. The predicted octanol–water partition coefficient (Wildman–Crippen LogP) is 1.95. The lowest BCUT2D eigenvalue weighted by Gasteiger charge is -2.16. The molecule has 0 aliphatic heterocycles. The van der Waals surface area contributed by atoms with Gasteiger partial charge in [-0.1, -0.05) is 31.4 Å². The van der Waals surface area contributed by atoms with E-state index in [1.165, 1.54) is 18.5 Å². The van der Waals surface area contributed by atoms with Gasteiger partial charge in [-0.25, -0.2) is 13.1 Å². The molecule has 1 heterocycles. The Morgan fingerprint density at radius 3 is 2.68 bits per heavy atom. The number of hydrogen-bond donors (Lipinski definition) is 2. The van der Waals surface area contributed by atoms with Gasteiger partial charge in [0.15, 0.2) is 0 Å². The normalized spacial score (nSPS) is 12.8. The maximum absolute atomic E-state index is 12.1. The summed E-state index contributed by atoms with van der Waals surface area (Å²) in [5.41, 5.74) is 5.56.